The number of nitrogens with one attached hydrogen (secondary N) is 1. The molecule has 0 aromatic carbocycles. The van der Waals surface area contributed by atoms with Crippen LogP contribution in [0.3, 0.4) is 0 Å². The van der Waals surface area contributed by atoms with E-state index in [0.717, 1.165) is 30.8 Å². The molecule has 3 heterocycles. The molecule has 0 amide bonds. The minimum Gasteiger partial charge on any atom is -0.399 e. The molecule has 0 saturated carbocycles. The quantitative estimate of drug-likeness (QED) is 0.825. The van der Waals surface area contributed by atoms with Crippen LogP contribution in [0.4, 0.5) is 0 Å². The van der Waals surface area contributed by atoms with Crippen LogP contribution in [0, 0.1) is 0 Å². The predicted octanol–water partition coefficient (Wildman–Crippen LogP) is 0.957. The van der Waals surface area contributed by atoms with Crippen molar-refractivity contribution in [1.82, 2.24) is 15.2 Å². The van der Waals surface area contributed by atoms with Gasteiger partial charge >= 0.3 is 7.12 Å². The summed E-state index contributed by atoms with van der Waals surface area (Å²) in [6, 6.07) is 4.50. The molecule has 2 aliphatic heterocycles. The number of nitrogens with zero attached hydrogens (tertiary/aromatic N) is 2. The molecule has 2 fully saturated rings. The van der Waals surface area contributed by atoms with Crippen molar-refractivity contribution < 1.29 is 9.31 Å². The summed E-state index contributed by atoms with van der Waals surface area (Å²) in [5.41, 5.74) is 1.44. The fourth-order valence-electron chi connectivity index (χ4n) is 2.87. The Balaban J connectivity index is 1.75. The van der Waals surface area contributed by atoms with Crippen molar-refractivity contribution >= 4 is 12.6 Å². The van der Waals surface area contributed by atoms with Gasteiger partial charge in [-0.2, -0.15) is 0 Å². The van der Waals surface area contributed by atoms with Gasteiger partial charge in [0, 0.05) is 31.3 Å². The Morgan fingerprint density at radius 2 is 1.91 bits per heavy atom. The van der Waals surface area contributed by atoms with Gasteiger partial charge in [-0.1, -0.05) is 6.07 Å². The van der Waals surface area contributed by atoms with E-state index in [-0.39, 0.29) is 18.3 Å². The Labute approximate surface area is 133 Å². The molecule has 0 bridgehead atoms. The van der Waals surface area contributed by atoms with E-state index in [2.05, 4.69) is 62.1 Å². The maximum Gasteiger partial charge on any atom is 0.496 e. The maximum absolute atomic E-state index is 6.07. The molecule has 120 valence electrons. The molecule has 5 nitrogen and oxygen atoms in total. The fraction of sp³-hybridized carbons (Fsp3) is 0.688. The third kappa shape index (κ3) is 2.81. The number of hydrogen-bond donors (Lipinski definition) is 1. The second kappa shape index (κ2) is 5.60. The van der Waals surface area contributed by atoms with Crippen molar-refractivity contribution in [3.05, 3.63) is 24.0 Å². The molecule has 0 radical (unpaired) electrons. The first-order chi connectivity index (χ1) is 10.3. The third-order valence-electron chi connectivity index (χ3n) is 5.19. The van der Waals surface area contributed by atoms with E-state index in [1.165, 1.54) is 0 Å². The molecule has 1 unspecified atom stereocenters. The predicted molar refractivity (Wildman–Crippen MR) is 88.2 cm³/mol. The van der Waals surface area contributed by atoms with Gasteiger partial charge in [-0.25, -0.2) is 0 Å². The molecule has 0 spiro atoms. The Morgan fingerprint density at radius 1 is 1.23 bits per heavy atom. The molecular formula is C16H26BN3O2. The van der Waals surface area contributed by atoms with Gasteiger partial charge in [0.05, 0.1) is 22.9 Å². The van der Waals surface area contributed by atoms with Crippen LogP contribution in [0.1, 0.15) is 39.4 Å². The van der Waals surface area contributed by atoms with Gasteiger partial charge < -0.3 is 14.6 Å². The molecule has 6 heteroatoms. The molecule has 1 atom stereocenters. The van der Waals surface area contributed by atoms with Gasteiger partial charge in [-0.3, -0.25) is 9.88 Å². The van der Waals surface area contributed by atoms with E-state index in [4.69, 9.17) is 9.31 Å². The summed E-state index contributed by atoms with van der Waals surface area (Å²) in [4.78, 5) is 6.99. The van der Waals surface area contributed by atoms with Crippen molar-refractivity contribution in [1.29, 1.82) is 0 Å². The van der Waals surface area contributed by atoms with Crippen molar-refractivity contribution in [2.24, 2.45) is 0 Å². The molecule has 1 aromatic rings. The van der Waals surface area contributed by atoms with Crippen LogP contribution in [0.2, 0.25) is 0 Å². The first kappa shape index (κ1) is 15.9. The molecule has 0 aliphatic carbocycles. The number of aromatic nitrogens is 1. The molecule has 2 aliphatic rings. The summed E-state index contributed by atoms with van der Waals surface area (Å²) in [5.74, 6) is 0. The molecule has 22 heavy (non-hydrogen) atoms. The highest BCUT2D eigenvalue weighted by atomic mass is 16.7. The molecule has 3 rings (SSSR count). The summed E-state index contributed by atoms with van der Waals surface area (Å²) in [6.07, 6.45) is 1.89. The summed E-state index contributed by atoms with van der Waals surface area (Å²) in [5, 5.41) is 3.42. The summed E-state index contributed by atoms with van der Waals surface area (Å²) in [7, 11) is 1.81. The molecule has 1 aromatic heterocycles. The lowest BCUT2D eigenvalue weighted by Gasteiger charge is -2.32. The Hall–Kier alpha value is -0.945. The van der Waals surface area contributed by atoms with E-state index in [9.17, 15) is 0 Å². The van der Waals surface area contributed by atoms with Crippen LogP contribution in [-0.4, -0.2) is 54.9 Å². The molecule has 1 N–H and O–H groups in total. The van der Waals surface area contributed by atoms with Gasteiger partial charge in [0.25, 0.3) is 0 Å². The number of hydrogen-bond acceptors (Lipinski definition) is 5. The minimum absolute atomic E-state index is 0.316. The van der Waals surface area contributed by atoms with E-state index in [1.54, 1.807) is 0 Å². The number of likely N-dealkylation sites (N-methyl/N-ethyl adjacent to an activating group) is 1. The van der Waals surface area contributed by atoms with Gasteiger partial charge in [0.15, 0.2) is 0 Å². The van der Waals surface area contributed by atoms with Crippen molar-refractivity contribution in [3.63, 3.8) is 0 Å². The average Bonchev–Trinajstić information content (AvgIpc) is 2.68. The lowest BCUT2D eigenvalue weighted by atomic mass is 9.80. The summed E-state index contributed by atoms with van der Waals surface area (Å²) in [6.45, 7) is 11.3. The summed E-state index contributed by atoms with van der Waals surface area (Å²) >= 11 is 0. The fourth-order valence-corrected chi connectivity index (χ4v) is 2.87. The van der Waals surface area contributed by atoms with Gasteiger partial charge in [0.2, 0.25) is 0 Å². The average molecular weight is 303 g/mol. The van der Waals surface area contributed by atoms with Crippen molar-refractivity contribution in [3.8, 4) is 0 Å². The van der Waals surface area contributed by atoms with Gasteiger partial charge in [-0.05, 0) is 40.8 Å². The SMILES string of the molecule is CN1CCNCC1c1ccc(B2OC(C)(C)C(C)(C)O2)cn1. The first-order valence-electron chi connectivity index (χ1n) is 8.03. The van der Waals surface area contributed by atoms with Crippen LogP contribution >= 0.6 is 0 Å². The maximum atomic E-state index is 6.07. The zero-order valence-electron chi connectivity index (χ0n) is 14.2. The zero-order valence-corrected chi connectivity index (χ0v) is 14.2. The zero-order chi connectivity index (χ0) is 16.0. The van der Waals surface area contributed by atoms with E-state index in [0.29, 0.717) is 6.04 Å². The lowest BCUT2D eigenvalue weighted by Crippen LogP contribution is -2.44. The second-order valence-electron chi connectivity index (χ2n) is 7.31. The van der Waals surface area contributed by atoms with Crippen LogP contribution in [-0.2, 0) is 9.31 Å². The second-order valence-corrected chi connectivity index (χ2v) is 7.31. The summed E-state index contributed by atoms with van der Waals surface area (Å²) < 4.78 is 12.1. The number of rotatable bonds is 2. The molecular weight excluding hydrogens is 277 g/mol. The smallest absolute Gasteiger partial charge is 0.399 e. The largest absolute Gasteiger partial charge is 0.496 e. The topological polar surface area (TPSA) is 46.6 Å². The third-order valence-corrected chi connectivity index (χ3v) is 5.19. The van der Waals surface area contributed by atoms with Gasteiger partial charge in [0.1, 0.15) is 0 Å². The van der Waals surface area contributed by atoms with Crippen molar-refractivity contribution in [2.45, 2.75) is 44.9 Å². The van der Waals surface area contributed by atoms with Crippen LogP contribution in [0.15, 0.2) is 18.3 Å². The molecule has 2 saturated heterocycles. The highest BCUT2D eigenvalue weighted by Gasteiger charge is 2.51. The van der Waals surface area contributed by atoms with E-state index in [1.807, 2.05) is 6.20 Å². The Morgan fingerprint density at radius 3 is 2.45 bits per heavy atom. The first-order valence-corrected chi connectivity index (χ1v) is 8.03. The lowest BCUT2D eigenvalue weighted by molar-refractivity contribution is 0.00578. The highest BCUT2D eigenvalue weighted by molar-refractivity contribution is 6.62. The van der Waals surface area contributed by atoms with Crippen molar-refractivity contribution in [2.75, 3.05) is 26.7 Å². The standard InChI is InChI=1S/C16H26BN3O2/c1-15(2)16(3,4)22-17(21-15)12-6-7-13(19-10-12)14-11-18-8-9-20(14)5/h6-7,10,14,18H,8-9,11H2,1-5H3. The van der Waals surface area contributed by atoms with Crippen LogP contribution in [0.5, 0.6) is 0 Å². The number of piperazine rings is 1. The van der Waals surface area contributed by atoms with E-state index < -0.39 is 0 Å². The van der Waals surface area contributed by atoms with Gasteiger partial charge in [-0.15, -0.1) is 0 Å². The minimum atomic E-state index is -0.339. The Kier molecular flexibility index (Phi) is 4.06. The van der Waals surface area contributed by atoms with E-state index >= 15 is 0 Å². The van der Waals surface area contributed by atoms with Crippen LogP contribution in [0.25, 0.3) is 0 Å². The highest BCUT2D eigenvalue weighted by Crippen LogP contribution is 2.36. The Bertz CT molecular complexity index is 517. The monoisotopic (exact) mass is 303 g/mol. The van der Waals surface area contributed by atoms with Crippen LogP contribution < -0.4 is 10.8 Å². The number of pyridine rings is 1. The normalized spacial score (nSPS) is 28.0.